The molecule has 0 radical (unpaired) electrons. The number of carboxylic acid groups (broad SMARTS) is 1. The highest BCUT2D eigenvalue weighted by atomic mass is 16.4. The maximum Gasteiger partial charge on any atom is 0.329 e. The van der Waals surface area contributed by atoms with Crippen molar-refractivity contribution < 1.29 is 14.7 Å². The molecule has 1 fully saturated rings. The molecule has 1 unspecified atom stereocenters. The van der Waals surface area contributed by atoms with Crippen molar-refractivity contribution in [1.82, 2.24) is 5.32 Å². The summed E-state index contributed by atoms with van der Waals surface area (Å²) in [5.74, 6) is -1.08. The van der Waals surface area contributed by atoms with Crippen LogP contribution in [0.5, 0.6) is 0 Å². The van der Waals surface area contributed by atoms with Crippen LogP contribution in [-0.4, -0.2) is 22.5 Å². The number of carbonyl (C=O) groups is 2. The summed E-state index contributed by atoms with van der Waals surface area (Å²) in [6.45, 7) is 5.10. The fourth-order valence-corrected chi connectivity index (χ4v) is 1.58. The van der Waals surface area contributed by atoms with Gasteiger partial charge in [-0.3, -0.25) is 4.79 Å². The molecule has 0 aromatic carbocycles. The summed E-state index contributed by atoms with van der Waals surface area (Å²) in [6.07, 6.45) is 4.29. The van der Waals surface area contributed by atoms with Gasteiger partial charge in [-0.2, -0.15) is 0 Å². The smallest absolute Gasteiger partial charge is 0.329 e. The molecule has 1 amide bonds. The van der Waals surface area contributed by atoms with Gasteiger partial charge >= 0.3 is 5.97 Å². The van der Waals surface area contributed by atoms with E-state index in [0.29, 0.717) is 12.8 Å². The van der Waals surface area contributed by atoms with Crippen LogP contribution >= 0.6 is 0 Å². The summed E-state index contributed by atoms with van der Waals surface area (Å²) in [7, 11) is 0. The Morgan fingerprint density at radius 1 is 1.60 bits per heavy atom. The Morgan fingerprint density at radius 3 is 2.60 bits per heavy atom. The van der Waals surface area contributed by atoms with Crippen molar-refractivity contribution in [2.24, 2.45) is 5.92 Å². The van der Waals surface area contributed by atoms with Crippen molar-refractivity contribution in [1.29, 1.82) is 0 Å². The van der Waals surface area contributed by atoms with Crippen LogP contribution < -0.4 is 5.32 Å². The number of aliphatic carboxylic acids is 1. The van der Waals surface area contributed by atoms with Crippen molar-refractivity contribution in [2.45, 2.75) is 38.1 Å². The molecule has 0 spiro atoms. The third-order valence-electron chi connectivity index (χ3n) is 2.81. The second-order valence-corrected chi connectivity index (χ2v) is 4.16. The fourth-order valence-electron chi connectivity index (χ4n) is 1.58. The standard InChI is InChI=1S/C11H17NO3/c1-3-4-5-9(13)12-11(2,10(14)15)8-6-7-8/h3,8H,1,4-7H2,2H3,(H,12,13)(H,14,15). The number of carboxylic acids is 1. The third kappa shape index (κ3) is 2.81. The molecule has 0 aromatic heterocycles. The lowest BCUT2D eigenvalue weighted by molar-refractivity contribution is -0.147. The fraction of sp³-hybridized carbons (Fsp3) is 0.636. The molecule has 0 saturated heterocycles. The Morgan fingerprint density at radius 2 is 2.20 bits per heavy atom. The van der Waals surface area contributed by atoms with Crippen molar-refractivity contribution in [2.75, 3.05) is 0 Å². The number of nitrogens with one attached hydrogen (secondary N) is 1. The average molecular weight is 211 g/mol. The van der Waals surface area contributed by atoms with Gasteiger partial charge in [0.05, 0.1) is 0 Å². The first-order valence-electron chi connectivity index (χ1n) is 5.16. The Kier molecular flexibility index (Phi) is 3.50. The predicted octanol–water partition coefficient (Wildman–Crippen LogP) is 1.32. The van der Waals surface area contributed by atoms with Crippen molar-refractivity contribution in [3.8, 4) is 0 Å². The van der Waals surface area contributed by atoms with Gasteiger partial charge in [-0.25, -0.2) is 4.79 Å². The van der Waals surface area contributed by atoms with Gasteiger partial charge in [-0.15, -0.1) is 6.58 Å². The minimum Gasteiger partial charge on any atom is -0.480 e. The topological polar surface area (TPSA) is 66.4 Å². The van der Waals surface area contributed by atoms with Gasteiger partial charge in [0, 0.05) is 6.42 Å². The Hall–Kier alpha value is -1.32. The van der Waals surface area contributed by atoms with Gasteiger partial charge in [0.15, 0.2) is 0 Å². The van der Waals surface area contributed by atoms with E-state index >= 15 is 0 Å². The molecule has 1 saturated carbocycles. The minimum atomic E-state index is -1.09. The first-order chi connectivity index (χ1) is 7.00. The van der Waals surface area contributed by atoms with Gasteiger partial charge in [0.2, 0.25) is 5.91 Å². The van der Waals surface area contributed by atoms with Crippen LogP contribution in [0.1, 0.15) is 32.6 Å². The zero-order valence-corrected chi connectivity index (χ0v) is 8.95. The highest BCUT2D eigenvalue weighted by Crippen LogP contribution is 2.39. The lowest BCUT2D eigenvalue weighted by atomic mass is 9.95. The molecule has 0 aromatic rings. The van der Waals surface area contributed by atoms with E-state index in [4.69, 9.17) is 5.11 Å². The number of hydrogen-bond donors (Lipinski definition) is 2. The van der Waals surface area contributed by atoms with Gasteiger partial charge in [0.25, 0.3) is 0 Å². The van der Waals surface area contributed by atoms with E-state index < -0.39 is 11.5 Å². The van der Waals surface area contributed by atoms with Crippen LogP contribution in [0.3, 0.4) is 0 Å². The summed E-state index contributed by atoms with van der Waals surface area (Å²) in [5, 5.41) is 11.7. The summed E-state index contributed by atoms with van der Waals surface area (Å²) in [6, 6.07) is 0. The molecule has 1 aliphatic carbocycles. The quantitative estimate of drug-likeness (QED) is 0.651. The average Bonchev–Trinajstić information content (AvgIpc) is 2.97. The summed E-state index contributed by atoms with van der Waals surface area (Å²) < 4.78 is 0. The lowest BCUT2D eigenvalue weighted by Gasteiger charge is -2.26. The van der Waals surface area contributed by atoms with Gasteiger partial charge in [0.1, 0.15) is 5.54 Å². The van der Waals surface area contributed by atoms with Crippen LogP contribution in [0.25, 0.3) is 0 Å². The van der Waals surface area contributed by atoms with Crippen LogP contribution in [0, 0.1) is 5.92 Å². The van der Waals surface area contributed by atoms with Crippen LogP contribution in [0.15, 0.2) is 12.7 Å². The van der Waals surface area contributed by atoms with Crippen molar-refractivity contribution in [3.05, 3.63) is 12.7 Å². The molecular formula is C11H17NO3. The highest BCUT2D eigenvalue weighted by molar-refractivity contribution is 5.87. The van der Waals surface area contributed by atoms with E-state index in [9.17, 15) is 9.59 Å². The predicted molar refractivity (Wildman–Crippen MR) is 56.3 cm³/mol. The lowest BCUT2D eigenvalue weighted by Crippen LogP contribution is -2.53. The van der Waals surface area contributed by atoms with E-state index in [0.717, 1.165) is 12.8 Å². The first-order valence-corrected chi connectivity index (χ1v) is 5.16. The molecule has 0 aliphatic heterocycles. The van der Waals surface area contributed by atoms with Crippen LogP contribution in [0.4, 0.5) is 0 Å². The summed E-state index contributed by atoms with van der Waals surface area (Å²) in [5.41, 5.74) is -1.09. The molecule has 4 heteroatoms. The third-order valence-corrected chi connectivity index (χ3v) is 2.81. The van der Waals surface area contributed by atoms with E-state index in [2.05, 4.69) is 11.9 Å². The molecule has 84 valence electrons. The zero-order valence-electron chi connectivity index (χ0n) is 8.95. The normalized spacial score (nSPS) is 19.0. The molecule has 0 bridgehead atoms. The second kappa shape index (κ2) is 4.47. The molecular weight excluding hydrogens is 194 g/mol. The molecule has 1 aliphatic rings. The van der Waals surface area contributed by atoms with Gasteiger partial charge in [-0.1, -0.05) is 6.08 Å². The number of allylic oxidation sites excluding steroid dienone is 1. The number of amides is 1. The molecule has 15 heavy (non-hydrogen) atoms. The van der Waals surface area contributed by atoms with E-state index in [1.165, 1.54) is 0 Å². The Labute approximate surface area is 89.4 Å². The van der Waals surface area contributed by atoms with E-state index in [1.807, 2.05) is 0 Å². The highest BCUT2D eigenvalue weighted by Gasteiger charge is 2.48. The molecule has 1 atom stereocenters. The number of rotatable bonds is 6. The van der Waals surface area contributed by atoms with Crippen molar-refractivity contribution >= 4 is 11.9 Å². The van der Waals surface area contributed by atoms with Gasteiger partial charge in [-0.05, 0) is 32.1 Å². The molecule has 4 nitrogen and oxygen atoms in total. The van der Waals surface area contributed by atoms with E-state index in [1.54, 1.807) is 13.0 Å². The maximum absolute atomic E-state index is 11.4. The number of hydrogen-bond acceptors (Lipinski definition) is 2. The maximum atomic E-state index is 11.4. The Balaban J connectivity index is 2.55. The molecule has 2 N–H and O–H groups in total. The summed E-state index contributed by atoms with van der Waals surface area (Å²) in [4.78, 5) is 22.5. The first kappa shape index (κ1) is 11.8. The Bertz CT molecular complexity index is 284. The molecule has 0 heterocycles. The SMILES string of the molecule is C=CCCC(=O)NC(C)(C(=O)O)C1CC1. The van der Waals surface area contributed by atoms with E-state index in [-0.39, 0.29) is 11.8 Å². The van der Waals surface area contributed by atoms with Gasteiger partial charge < -0.3 is 10.4 Å². The van der Waals surface area contributed by atoms with Crippen LogP contribution in [-0.2, 0) is 9.59 Å². The zero-order chi connectivity index (χ0) is 11.5. The largest absolute Gasteiger partial charge is 0.480 e. The van der Waals surface area contributed by atoms with Crippen molar-refractivity contribution in [3.63, 3.8) is 0 Å². The molecule has 1 rings (SSSR count). The van der Waals surface area contributed by atoms with Crippen LogP contribution in [0.2, 0.25) is 0 Å². The summed E-state index contributed by atoms with van der Waals surface area (Å²) >= 11 is 0. The second-order valence-electron chi connectivity index (χ2n) is 4.16. The number of carbonyl (C=O) groups excluding carboxylic acids is 1. The minimum absolute atomic E-state index is 0.0858. The monoisotopic (exact) mass is 211 g/mol.